The largest absolute Gasteiger partial charge is 0.463 e. The highest BCUT2D eigenvalue weighted by molar-refractivity contribution is 7.86. The summed E-state index contributed by atoms with van der Waals surface area (Å²) in [5, 5.41) is 0. The zero-order chi connectivity index (χ0) is 24.8. The van der Waals surface area contributed by atoms with Crippen LogP contribution in [0.1, 0.15) is 31.1 Å². The second-order valence-corrected chi connectivity index (χ2v) is 8.63. The molecule has 1 aromatic carbocycles. The Labute approximate surface area is 190 Å². The van der Waals surface area contributed by atoms with Gasteiger partial charge in [-0.05, 0) is 12.1 Å². The van der Waals surface area contributed by atoms with Crippen molar-refractivity contribution in [3.8, 4) is 0 Å². The number of carbonyl (C=O) groups is 4. The highest BCUT2D eigenvalue weighted by Crippen LogP contribution is 2.31. The number of benzene rings is 1. The molecule has 1 fully saturated rings. The summed E-state index contributed by atoms with van der Waals surface area (Å²) in [5.74, 6) is -3.30. The summed E-state index contributed by atoms with van der Waals surface area (Å²) in [4.78, 5) is 47.4. The molecule has 0 unspecified atom stereocenters. The fourth-order valence-corrected chi connectivity index (χ4v) is 3.62. The van der Waals surface area contributed by atoms with Crippen LogP contribution in [0, 0.1) is 0 Å². The molecule has 0 radical (unpaired) electrons. The second kappa shape index (κ2) is 11.2. The van der Waals surface area contributed by atoms with E-state index in [0.29, 0.717) is 0 Å². The molecule has 13 heteroatoms. The van der Waals surface area contributed by atoms with Gasteiger partial charge < -0.3 is 23.7 Å². The minimum atomic E-state index is -4.21. The molecule has 12 nitrogen and oxygen atoms in total. The highest BCUT2D eigenvalue weighted by atomic mass is 32.2. The molecule has 33 heavy (non-hydrogen) atoms. The molecule has 0 amide bonds. The van der Waals surface area contributed by atoms with E-state index in [9.17, 15) is 27.6 Å². The van der Waals surface area contributed by atoms with E-state index in [-0.39, 0.29) is 5.56 Å². The first kappa shape index (κ1) is 26.2. The van der Waals surface area contributed by atoms with Gasteiger partial charge in [-0.3, -0.25) is 18.6 Å². The zero-order valence-corrected chi connectivity index (χ0v) is 19.1. The monoisotopic (exact) mass is 488 g/mol. The van der Waals surface area contributed by atoms with Gasteiger partial charge in [0, 0.05) is 20.8 Å². The normalized spacial score (nSPS) is 24.9. The summed E-state index contributed by atoms with van der Waals surface area (Å²) in [6.07, 6.45) is -7.11. The predicted molar refractivity (Wildman–Crippen MR) is 108 cm³/mol. The number of esters is 4. The van der Waals surface area contributed by atoms with Gasteiger partial charge in [-0.25, -0.2) is 4.79 Å². The van der Waals surface area contributed by atoms with Crippen LogP contribution >= 0.6 is 0 Å². The Morgan fingerprint density at radius 3 is 1.94 bits per heavy atom. The molecular weight excluding hydrogens is 464 g/mol. The molecule has 182 valence electrons. The van der Waals surface area contributed by atoms with Gasteiger partial charge in [0.05, 0.1) is 11.8 Å². The zero-order valence-electron chi connectivity index (χ0n) is 18.3. The lowest BCUT2D eigenvalue weighted by Crippen LogP contribution is -2.63. The lowest BCUT2D eigenvalue weighted by Gasteiger charge is -2.43. The van der Waals surface area contributed by atoms with Gasteiger partial charge >= 0.3 is 23.9 Å². The highest BCUT2D eigenvalue weighted by Gasteiger charge is 2.54. The number of hydrogen-bond acceptors (Lipinski definition) is 12. The lowest BCUT2D eigenvalue weighted by atomic mass is 9.98. The second-order valence-electron chi connectivity index (χ2n) is 7.03. The lowest BCUT2D eigenvalue weighted by molar-refractivity contribution is -0.285. The molecule has 1 aliphatic rings. The van der Waals surface area contributed by atoms with Crippen LogP contribution in [0.5, 0.6) is 0 Å². The maximum atomic E-state index is 12.6. The Morgan fingerprint density at radius 2 is 1.42 bits per heavy atom. The van der Waals surface area contributed by atoms with Crippen molar-refractivity contribution in [1.29, 1.82) is 0 Å². The summed E-state index contributed by atoms with van der Waals surface area (Å²) >= 11 is 0. The average Bonchev–Trinajstić information content (AvgIpc) is 2.70. The Bertz CT molecular complexity index is 974. The summed E-state index contributed by atoms with van der Waals surface area (Å²) < 4.78 is 55.1. The Morgan fingerprint density at radius 1 is 0.848 bits per heavy atom. The van der Waals surface area contributed by atoms with E-state index in [1.165, 1.54) is 12.1 Å². The van der Waals surface area contributed by atoms with Crippen LogP contribution in [-0.2, 0) is 52.4 Å². The molecule has 0 aromatic heterocycles. The standard InChI is InChI=1S/C20H24O12S/c1-11(21)27-10-15-16(28-12(2)22)17(29-13(3)23)18(32-33(4,25)26)20(30-15)31-19(24)14-8-6-5-7-9-14/h5-9,15-18,20H,10H2,1-4H3/t15-,16-,17-,18+,20-/m1/s1. The van der Waals surface area contributed by atoms with Crippen LogP contribution in [-0.4, -0.2) is 75.9 Å². The maximum absolute atomic E-state index is 12.6. The molecule has 1 aliphatic heterocycles. The minimum absolute atomic E-state index is 0.113. The van der Waals surface area contributed by atoms with Crippen molar-refractivity contribution in [3.05, 3.63) is 35.9 Å². The molecule has 1 aromatic rings. The van der Waals surface area contributed by atoms with E-state index in [4.69, 9.17) is 27.9 Å². The van der Waals surface area contributed by atoms with Crippen LogP contribution in [0.25, 0.3) is 0 Å². The van der Waals surface area contributed by atoms with Crippen molar-refractivity contribution in [2.75, 3.05) is 12.9 Å². The van der Waals surface area contributed by atoms with E-state index in [1.807, 2.05) is 0 Å². The molecule has 5 atom stereocenters. The van der Waals surface area contributed by atoms with Gasteiger partial charge in [0.1, 0.15) is 12.7 Å². The summed E-state index contributed by atoms with van der Waals surface area (Å²) in [6.45, 7) is 2.72. The molecule has 0 aliphatic carbocycles. The predicted octanol–water partition coefficient (Wildman–Crippen LogP) is 0.340. The fraction of sp³-hybridized carbons (Fsp3) is 0.500. The van der Waals surface area contributed by atoms with Crippen LogP contribution in [0.2, 0.25) is 0 Å². The van der Waals surface area contributed by atoms with Gasteiger partial charge in [0.25, 0.3) is 10.1 Å². The van der Waals surface area contributed by atoms with Crippen molar-refractivity contribution >= 4 is 34.0 Å². The third kappa shape index (κ3) is 8.11. The Balaban J connectivity index is 2.48. The molecule has 0 N–H and O–H groups in total. The van der Waals surface area contributed by atoms with Crippen molar-refractivity contribution in [2.24, 2.45) is 0 Å². The molecule has 0 bridgehead atoms. The van der Waals surface area contributed by atoms with Crippen LogP contribution in [0.3, 0.4) is 0 Å². The van der Waals surface area contributed by atoms with Crippen molar-refractivity contribution in [3.63, 3.8) is 0 Å². The van der Waals surface area contributed by atoms with Gasteiger partial charge in [0.2, 0.25) is 6.29 Å². The fourth-order valence-electron chi connectivity index (χ4n) is 3.02. The van der Waals surface area contributed by atoms with Gasteiger partial charge in [-0.15, -0.1) is 0 Å². The molecule has 0 saturated carbocycles. The average molecular weight is 488 g/mol. The number of rotatable bonds is 8. The van der Waals surface area contributed by atoms with Crippen molar-refractivity contribution in [1.82, 2.24) is 0 Å². The quantitative estimate of drug-likeness (QED) is 0.281. The Kier molecular flexibility index (Phi) is 8.91. The van der Waals surface area contributed by atoms with Gasteiger partial charge in [-0.1, -0.05) is 18.2 Å². The van der Waals surface area contributed by atoms with E-state index in [0.717, 1.165) is 27.0 Å². The molecule has 0 spiro atoms. The third-order valence-corrected chi connectivity index (χ3v) is 4.74. The van der Waals surface area contributed by atoms with Crippen LogP contribution in [0.15, 0.2) is 30.3 Å². The number of ether oxygens (including phenoxy) is 5. The van der Waals surface area contributed by atoms with Crippen LogP contribution in [0.4, 0.5) is 0 Å². The van der Waals surface area contributed by atoms with Crippen molar-refractivity contribution in [2.45, 2.75) is 51.5 Å². The first-order chi connectivity index (χ1) is 15.4. The molecular formula is C20H24O12S. The summed E-state index contributed by atoms with van der Waals surface area (Å²) in [7, 11) is -4.21. The summed E-state index contributed by atoms with van der Waals surface area (Å²) in [5.41, 5.74) is 0.113. The van der Waals surface area contributed by atoms with Gasteiger partial charge in [0.15, 0.2) is 18.3 Å². The maximum Gasteiger partial charge on any atom is 0.340 e. The number of carbonyl (C=O) groups excluding carboxylic acids is 4. The van der Waals surface area contributed by atoms with E-state index in [2.05, 4.69) is 0 Å². The first-order valence-electron chi connectivity index (χ1n) is 9.65. The Hall–Kier alpha value is -3.03. The smallest absolute Gasteiger partial charge is 0.340 e. The van der Waals surface area contributed by atoms with Gasteiger partial charge in [-0.2, -0.15) is 8.42 Å². The van der Waals surface area contributed by atoms with E-state index >= 15 is 0 Å². The number of hydrogen-bond donors (Lipinski definition) is 0. The van der Waals surface area contributed by atoms with Crippen molar-refractivity contribution < 1.29 is 55.5 Å². The minimum Gasteiger partial charge on any atom is -0.463 e. The first-order valence-corrected chi connectivity index (χ1v) is 11.5. The van der Waals surface area contributed by atoms with E-state index in [1.54, 1.807) is 18.2 Å². The SMILES string of the molecule is CC(=O)OC[C@H]1O[C@H](OC(=O)c2ccccc2)[C@@H](OS(C)(=O)=O)[C@H](OC(C)=O)[C@@H]1OC(C)=O. The topological polar surface area (TPSA) is 158 Å². The van der Waals surface area contributed by atoms with E-state index < -0.39 is 71.3 Å². The molecule has 1 heterocycles. The third-order valence-electron chi connectivity index (χ3n) is 4.16. The molecule has 1 saturated heterocycles. The van der Waals surface area contributed by atoms with Crippen LogP contribution < -0.4 is 0 Å². The molecule has 2 rings (SSSR count). The summed E-state index contributed by atoms with van der Waals surface area (Å²) in [6, 6.07) is 7.70.